The molecule has 0 fully saturated rings. The maximum absolute atomic E-state index is 11.4. The van der Waals surface area contributed by atoms with Gasteiger partial charge in [-0.3, -0.25) is 4.48 Å². The third-order valence-corrected chi connectivity index (χ3v) is 5.20. The van der Waals surface area contributed by atoms with E-state index in [1.807, 2.05) is 0 Å². The zero-order valence-corrected chi connectivity index (χ0v) is 16.8. The number of nitrogens with zero attached hydrogens (tertiary/aromatic N) is 2. The Morgan fingerprint density at radius 1 is 1.00 bits per heavy atom. The van der Waals surface area contributed by atoms with Crippen LogP contribution in [0.4, 0.5) is 0 Å². The highest BCUT2D eigenvalue weighted by Crippen LogP contribution is 2.20. The molecule has 0 saturated heterocycles. The summed E-state index contributed by atoms with van der Waals surface area (Å²) in [5, 5.41) is 18.0. The Morgan fingerprint density at radius 2 is 1.63 bits per heavy atom. The summed E-state index contributed by atoms with van der Waals surface area (Å²) in [4.78, 5) is 26.5. The fourth-order valence-electron chi connectivity index (χ4n) is 3.71. The van der Waals surface area contributed by atoms with Crippen LogP contribution >= 0.6 is 0 Å². The number of ether oxygens (including phenoxy) is 1. The molecule has 0 spiro atoms. The van der Waals surface area contributed by atoms with Gasteiger partial charge in [-0.1, -0.05) is 58.3 Å². The van der Waals surface area contributed by atoms with Crippen molar-refractivity contribution in [1.82, 2.24) is 0 Å². The summed E-state index contributed by atoms with van der Waals surface area (Å²) in [7, 11) is 0. The molecule has 7 heteroatoms. The first-order valence-corrected chi connectivity index (χ1v) is 10.4. The summed E-state index contributed by atoms with van der Waals surface area (Å²) >= 11 is 0. The molecule has 0 radical (unpaired) electrons. The van der Waals surface area contributed by atoms with E-state index in [2.05, 4.69) is 11.9 Å². The molecule has 0 bridgehead atoms. The van der Waals surface area contributed by atoms with E-state index in [0.29, 0.717) is 24.1 Å². The van der Waals surface area contributed by atoms with E-state index in [1.54, 1.807) is 0 Å². The third kappa shape index (κ3) is 9.86. The van der Waals surface area contributed by atoms with Crippen molar-refractivity contribution < 1.29 is 29.0 Å². The van der Waals surface area contributed by atoms with Crippen LogP contribution in [0.15, 0.2) is 4.99 Å². The standard InChI is InChI=1S/C20H36N2O5/c1-2-3-4-5-6-7-8-9-10-11-18-21-12-13-22(18,16-19(23)24)14-15-27-17-20(25)26/h2-17H2,1H3,(H-,23,24,25,26)/p+1. The molecule has 1 aliphatic rings. The van der Waals surface area contributed by atoms with Crippen LogP contribution in [0.5, 0.6) is 0 Å². The second-order valence-electron chi connectivity index (χ2n) is 7.47. The first-order valence-electron chi connectivity index (χ1n) is 10.4. The van der Waals surface area contributed by atoms with Gasteiger partial charge >= 0.3 is 11.9 Å². The van der Waals surface area contributed by atoms with Gasteiger partial charge < -0.3 is 14.9 Å². The average molecular weight is 386 g/mol. The van der Waals surface area contributed by atoms with Crippen LogP contribution in [0.3, 0.4) is 0 Å². The van der Waals surface area contributed by atoms with E-state index in [-0.39, 0.29) is 19.8 Å². The lowest BCUT2D eigenvalue weighted by Crippen LogP contribution is -2.55. The van der Waals surface area contributed by atoms with Crippen molar-refractivity contribution in [3.63, 3.8) is 0 Å². The fourth-order valence-corrected chi connectivity index (χ4v) is 3.71. The van der Waals surface area contributed by atoms with E-state index < -0.39 is 11.9 Å². The van der Waals surface area contributed by atoms with Crippen LogP contribution in [0, 0.1) is 0 Å². The number of carboxylic acids is 2. The number of unbranched alkanes of at least 4 members (excludes halogenated alkanes) is 8. The van der Waals surface area contributed by atoms with Crippen LogP contribution in [0.2, 0.25) is 0 Å². The molecule has 0 amide bonds. The van der Waals surface area contributed by atoms with Gasteiger partial charge in [0, 0.05) is 6.42 Å². The Balaban J connectivity index is 2.34. The van der Waals surface area contributed by atoms with E-state index in [1.165, 1.54) is 44.9 Å². The monoisotopic (exact) mass is 385 g/mol. The van der Waals surface area contributed by atoms with E-state index >= 15 is 0 Å². The summed E-state index contributed by atoms with van der Waals surface area (Å²) in [5.41, 5.74) is 0. The summed E-state index contributed by atoms with van der Waals surface area (Å²) in [6, 6.07) is 0. The molecule has 0 aromatic rings. The first-order chi connectivity index (χ1) is 13.0. The molecular formula is C20H37N2O5+. The van der Waals surface area contributed by atoms with Gasteiger partial charge in [0.25, 0.3) is 0 Å². The van der Waals surface area contributed by atoms with Crippen LogP contribution in [-0.4, -0.2) is 71.9 Å². The number of aliphatic imine (C=N–C) groups is 1. The van der Waals surface area contributed by atoms with Gasteiger partial charge in [-0.05, 0) is 6.42 Å². The minimum Gasteiger partial charge on any atom is -0.480 e. The second-order valence-corrected chi connectivity index (χ2v) is 7.47. The fraction of sp³-hybridized carbons (Fsp3) is 0.850. The summed E-state index contributed by atoms with van der Waals surface area (Å²) in [5.74, 6) is -0.918. The van der Waals surface area contributed by atoms with Gasteiger partial charge in [-0.2, -0.15) is 0 Å². The molecule has 1 aliphatic heterocycles. The Labute approximate surface area is 163 Å². The maximum atomic E-state index is 11.4. The topological polar surface area (TPSA) is 96.2 Å². The van der Waals surface area contributed by atoms with Gasteiger partial charge in [0.15, 0.2) is 12.4 Å². The number of carbonyl (C=O) groups is 2. The average Bonchev–Trinajstić information content (AvgIpc) is 2.99. The molecule has 0 aromatic heterocycles. The van der Waals surface area contributed by atoms with Crippen molar-refractivity contribution in [2.45, 2.75) is 71.1 Å². The van der Waals surface area contributed by atoms with Crippen LogP contribution in [0.1, 0.15) is 71.1 Å². The smallest absolute Gasteiger partial charge is 0.359 e. The molecule has 0 aliphatic carbocycles. The lowest BCUT2D eigenvalue weighted by molar-refractivity contribution is -0.829. The molecule has 0 saturated carbocycles. The van der Waals surface area contributed by atoms with E-state index in [0.717, 1.165) is 25.1 Å². The van der Waals surface area contributed by atoms with Gasteiger partial charge in [-0.25, -0.2) is 14.6 Å². The number of hydrogen-bond donors (Lipinski definition) is 2. The molecular weight excluding hydrogens is 348 g/mol. The van der Waals surface area contributed by atoms with E-state index in [4.69, 9.17) is 9.84 Å². The minimum atomic E-state index is -1.01. The van der Waals surface area contributed by atoms with Crippen molar-refractivity contribution in [1.29, 1.82) is 0 Å². The second kappa shape index (κ2) is 13.7. The van der Waals surface area contributed by atoms with Crippen LogP contribution in [0.25, 0.3) is 0 Å². The molecule has 1 unspecified atom stereocenters. The van der Waals surface area contributed by atoms with Gasteiger partial charge in [0.05, 0.1) is 13.2 Å². The number of amidine groups is 1. The van der Waals surface area contributed by atoms with Crippen molar-refractivity contribution in [3.05, 3.63) is 0 Å². The summed E-state index contributed by atoms with van der Waals surface area (Å²) in [6.45, 7) is 3.87. The lowest BCUT2D eigenvalue weighted by Gasteiger charge is -2.33. The highest BCUT2D eigenvalue weighted by Gasteiger charge is 2.39. The number of carboxylic acid groups (broad SMARTS) is 2. The molecule has 1 rings (SSSR count). The third-order valence-electron chi connectivity index (χ3n) is 5.20. The molecule has 1 heterocycles. The quantitative estimate of drug-likeness (QED) is 0.296. The Hall–Kier alpha value is -1.47. The SMILES string of the molecule is CCCCCCCCCCCC1=NCC[N+]1(CCOCC(=O)O)CC(=O)O. The predicted octanol–water partition coefficient (Wildman–Crippen LogP) is 3.32. The number of rotatable bonds is 17. The molecule has 0 aromatic carbocycles. The van der Waals surface area contributed by atoms with Crippen molar-refractivity contribution in [3.8, 4) is 0 Å². The maximum Gasteiger partial charge on any atom is 0.359 e. The van der Waals surface area contributed by atoms with Crippen LogP contribution in [-0.2, 0) is 14.3 Å². The zero-order valence-electron chi connectivity index (χ0n) is 16.8. The highest BCUT2D eigenvalue weighted by atomic mass is 16.5. The normalized spacial score (nSPS) is 19.2. The summed E-state index contributed by atoms with van der Waals surface area (Å²) in [6.07, 6.45) is 12.1. The first kappa shape index (κ1) is 23.6. The van der Waals surface area contributed by atoms with Crippen molar-refractivity contribution >= 4 is 17.8 Å². The minimum absolute atomic E-state index is 0.00725. The van der Waals surface area contributed by atoms with Gasteiger partial charge in [0.2, 0.25) is 0 Å². The largest absolute Gasteiger partial charge is 0.480 e. The summed E-state index contributed by atoms with van der Waals surface area (Å²) < 4.78 is 5.46. The molecule has 1 atom stereocenters. The number of quaternary nitrogens is 1. The Bertz CT molecular complexity index is 481. The molecule has 156 valence electrons. The number of hydrogen-bond acceptors (Lipinski definition) is 4. The van der Waals surface area contributed by atoms with Crippen LogP contribution < -0.4 is 0 Å². The van der Waals surface area contributed by atoms with Crippen molar-refractivity contribution in [2.24, 2.45) is 4.99 Å². The Kier molecular flexibility index (Phi) is 11.9. The predicted molar refractivity (Wildman–Crippen MR) is 105 cm³/mol. The zero-order chi connectivity index (χ0) is 20.0. The van der Waals surface area contributed by atoms with Crippen molar-refractivity contribution in [2.75, 3.05) is 39.4 Å². The molecule has 2 N–H and O–H groups in total. The molecule has 27 heavy (non-hydrogen) atoms. The molecule has 7 nitrogen and oxygen atoms in total. The van der Waals surface area contributed by atoms with Gasteiger partial charge in [0.1, 0.15) is 19.7 Å². The Morgan fingerprint density at radius 3 is 2.22 bits per heavy atom. The number of aliphatic carboxylic acids is 2. The van der Waals surface area contributed by atoms with Gasteiger partial charge in [-0.15, -0.1) is 0 Å². The lowest BCUT2D eigenvalue weighted by atomic mass is 10.1. The van der Waals surface area contributed by atoms with E-state index in [9.17, 15) is 14.7 Å². The highest BCUT2D eigenvalue weighted by molar-refractivity contribution is 5.80.